The number of benzene rings is 6. The second-order valence-corrected chi connectivity index (χ2v) is 14.3. The Kier molecular flexibility index (Phi) is 5.00. The molecule has 0 aliphatic rings. The van der Waals surface area contributed by atoms with Gasteiger partial charge in [0.05, 0.1) is 16.6 Å². The number of imidazole rings is 1. The normalized spacial score (nSPS) is 12.2. The fraction of sp³-hybridized carbons (Fsp3) is 0. The Balaban J connectivity index is 1.68. The van der Waals surface area contributed by atoms with Crippen LogP contribution >= 0.6 is 6.04 Å². The maximum absolute atomic E-state index is 6.88. The molecule has 184 valence electrons. The first-order valence-corrected chi connectivity index (χ1v) is 15.9. The van der Waals surface area contributed by atoms with Gasteiger partial charge < -0.3 is 0 Å². The van der Waals surface area contributed by atoms with Gasteiger partial charge in [0.2, 0.25) is 0 Å². The van der Waals surface area contributed by atoms with Crippen molar-refractivity contribution >= 4 is 82.9 Å². The monoisotopic (exact) mass is 534 g/mol. The number of aromatic nitrogens is 2. The SMILES string of the molecule is S=P(c1ccccc1)(c1ccccc1)c1cccc2c3c4ccccc4ccc3c3nc4ccccc4n3c12. The number of pyridine rings is 1. The zero-order valence-corrected chi connectivity index (χ0v) is 22.7. The van der Waals surface area contributed by atoms with Crippen LogP contribution in [0.2, 0.25) is 0 Å². The highest BCUT2D eigenvalue weighted by Crippen LogP contribution is 2.46. The van der Waals surface area contributed by atoms with E-state index in [4.69, 9.17) is 16.8 Å². The molecule has 0 bridgehead atoms. The summed E-state index contributed by atoms with van der Waals surface area (Å²) in [6.07, 6.45) is 0. The highest BCUT2D eigenvalue weighted by atomic mass is 32.4. The van der Waals surface area contributed by atoms with Crippen LogP contribution in [-0.2, 0) is 11.8 Å². The zero-order chi connectivity index (χ0) is 26.0. The second kappa shape index (κ2) is 8.61. The van der Waals surface area contributed by atoms with Gasteiger partial charge in [-0.25, -0.2) is 4.98 Å². The minimum Gasteiger partial charge on any atom is -0.291 e. The molecule has 2 heterocycles. The Bertz CT molecular complexity index is 2210. The average molecular weight is 535 g/mol. The fourth-order valence-electron chi connectivity index (χ4n) is 6.11. The summed E-state index contributed by atoms with van der Waals surface area (Å²) >= 11 is 6.88. The number of nitrogens with zero attached hydrogens (tertiary/aromatic N) is 2. The molecule has 8 aromatic rings. The number of hydrogen-bond donors (Lipinski definition) is 0. The Morgan fingerprint density at radius 1 is 0.538 bits per heavy atom. The molecule has 0 saturated carbocycles. The first-order chi connectivity index (χ1) is 19.2. The summed E-state index contributed by atoms with van der Waals surface area (Å²) in [4.78, 5) is 5.21. The summed E-state index contributed by atoms with van der Waals surface area (Å²) in [6, 6.07) is 47.2. The minimum atomic E-state index is -2.43. The van der Waals surface area contributed by atoms with E-state index in [0.717, 1.165) is 27.6 Å². The molecule has 0 atom stereocenters. The zero-order valence-electron chi connectivity index (χ0n) is 21.0. The van der Waals surface area contributed by atoms with E-state index in [0.29, 0.717) is 0 Å². The quantitative estimate of drug-likeness (QED) is 0.171. The van der Waals surface area contributed by atoms with Crippen LogP contribution in [-0.4, -0.2) is 9.38 Å². The van der Waals surface area contributed by atoms with Gasteiger partial charge in [-0.15, -0.1) is 0 Å². The van der Waals surface area contributed by atoms with Crippen LogP contribution in [0, 0.1) is 0 Å². The third-order valence-electron chi connectivity index (χ3n) is 7.82. The van der Waals surface area contributed by atoms with Gasteiger partial charge in [-0.05, 0) is 39.6 Å². The first-order valence-electron chi connectivity index (χ1n) is 13.1. The number of fused-ring (bicyclic) bond motifs is 10. The summed E-state index contributed by atoms with van der Waals surface area (Å²) in [7, 11) is 0. The minimum absolute atomic E-state index is 0.972. The van der Waals surface area contributed by atoms with Crippen LogP contribution in [0.1, 0.15) is 0 Å². The molecule has 8 rings (SSSR count). The largest absolute Gasteiger partial charge is 0.291 e. The maximum Gasteiger partial charge on any atom is 0.146 e. The molecule has 39 heavy (non-hydrogen) atoms. The van der Waals surface area contributed by atoms with Crippen molar-refractivity contribution < 1.29 is 0 Å². The van der Waals surface area contributed by atoms with Gasteiger partial charge in [0.15, 0.2) is 0 Å². The van der Waals surface area contributed by atoms with E-state index < -0.39 is 6.04 Å². The Morgan fingerprint density at radius 2 is 1.18 bits per heavy atom. The average Bonchev–Trinajstić information content (AvgIpc) is 3.41. The van der Waals surface area contributed by atoms with Crippen molar-refractivity contribution in [3.8, 4) is 0 Å². The van der Waals surface area contributed by atoms with Gasteiger partial charge in [0.1, 0.15) is 5.65 Å². The standard InChI is InChI=1S/C35H23N2PS/c39-38(25-13-3-1-4-14-25,26-15-5-2-6-16-26)32-21-11-18-28-33-27-17-8-7-12-24(27)22-23-29(33)35-36-30-19-9-10-20-31(30)37(35)34(28)32/h1-23H. The maximum atomic E-state index is 6.88. The summed E-state index contributed by atoms with van der Waals surface area (Å²) in [5, 5.41) is 9.62. The molecule has 4 heteroatoms. The van der Waals surface area contributed by atoms with Gasteiger partial charge in [-0.2, -0.15) is 0 Å². The van der Waals surface area contributed by atoms with E-state index in [9.17, 15) is 0 Å². The lowest BCUT2D eigenvalue weighted by atomic mass is 9.99. The van der Waals surface area contributed by atoms with Gasteiger partial charge in [0, 0.05) is 27.5 Å². The van der Waals surface area contributed by atoms with Crippen molar-refractivity contribution in [1.29, 1.82) is 0 Å². The molecule has 0 amide bonds. The molecule has 2 aromatic heterocycles. The topological polar surface area (TPSA) is 17.3 Å². The summed E-state index contributed by atoms with van der Waals surface area (Å²) in [6.45, 7) is 0. The van der Waals surface area contributed by atoms with Crippen LogP contribution in [0.5, 0.6) is 0 Å². The third-order valence-corrected chi connectivity index (χ3v) is 12.8. The molecule has 0 unspecified atom stereocenters. The van der Waals surface area contributed by atoms with Gasteiger partial charge in [0.25, 0.3) is 0 Å². The fourth-order valence-corrected chi connectivity index (χ4v) is 10.1. The van der Waals surface area contributed by atoms with Crippen molar-refractivity contribution in [2.24, 2.45) is 0 Å². The van der Waals surface area contributed by atoms with Crippen LogP contribution in [0.3, 0.4) is 0 Å². The van der Waals surface area contributed by atoms with E-state index in [1.807, 2.05) is 0 Å². The lowest BCUT2D eigenvalue weighted by Gasteiger charge is -2.26. The Hall–Kier alpha value is -4.30. The number of para-hydroxylation sites is 3. The van der Waals surface area contributed by atoms with Gasteiger partial charge >= 0.3 is 0 Å². The lowest BCUT2D eigenvalue weighted by Crippen LogP contribution is -2.26. The Morgan fingerprint density at radius 3 is 1.95 bits per heavy atom. The first kappa shape index (κ1) is 22.7. The molecule has 6 aromatic carbocycles. The van der Waals surface area contributed by atoms with Crippen molar-refractivity contribution in [1.82, 2.24) is 9.38 Å². The Labute approximate surface area is 231 Å². The molecule has 0 saturated heterocycles. The second-order valence-electron chi connectivity index (χ2n) is 9.92. The molecular weight excluding hydrogens is 511 g/mol. The summed E-state index contributed by atoms with van der Waals surface area (Å²) in [5.74, 6) is 0. The highest BCUT2D eigenvalue weighted by Gasteiger charge is 2.29. The van der Waals surface area contributed by atoms with Gasteiger partial charge in [-0.3, -0.25) is 4.40 Å². The van der Waals surface area contributed by atoms with E-state index in [2.05, 4.69) is 144 Å². The lowest BCUT2D eigenvalue weighted by molar-refractivity contribution is 1.32. The van der Waals surface area contributed by atoms with Crippen molar-refractivity contribution in [2.75, 3.05) is 0 Å². The molecule has 0 radical (unpaired) electrons. The molecule has 0 spiro atoms. The van der Waals surface area contributed by atoms with Crippen LogP contribution in [0.25, 0.3) is 49.1 Å². The van der Waals surface area contributed by atoms with Crippen LogP contribution in [0.15, 0.2) is 140 Å². The highest BCUT2D eigenvalue weighted by molar-refractivity contribution is 8.25. The van der Waals surface area contributed by atoms with Gasteiger partial charge in [-0.1, -0.05) is 133 Å². The third kappa shape index (κ3) is 3.21. The van der Waals surface area contributed by atoms with Crippen molar-refractivity contribution in [2.45, 2.75) is 0 Å². The van der Waals surface area contributed by atoms with Crippen molar-refractivity contribution in [3.63, 3.8) is 0 Å². The van der Waals surface area contributed by atoms with E-state index in [1.54, 1.807) is 0 Å². The summed E-state index contributed by atoms with van der Waals surface area (Å²) < 4.78 is 2.37. The van der Waals surface area contributed by atoms with Crippen LogP contribution in [0.4, 0.5) is 0 Å². The smallest absolute Gasteiger partial charge is 0.146 e. The van der Waals surface area contributed by atoms with Crippen molar-refractivity contribution in [3.05, 3.63) is 140 Å². The predicted octanol–water partition coefficient (Wildman–Crippen LogP) is 7.70. The number of hydrogen-bond acceptors (Lipinski definition) is 2. The molecule has 0 aliphatic heterocycles. The molecule has 0 N–H and O–H groups in total. The van der Waals surface area contributed by atoms with E-state index in [-0.39, 0.29) is 0 Å². The van der Waals surface area contributed by atoms with E-state index >= 15 is 0 Å². The predicted molar refractivity (Wildman–Crippen MR) is 171 cm³/mol. The molecule has 0 aliphatic carbocycles. The summed E-state index contributed by atoms with van der Waals surface area (Å²) in [5.41, 5.74) is 4.21. The van der Waals surface area contributed by atoms with Crippen LogP contribution < -0.4 is 15.9 Å². The molecular formula is C35H23N2PS. The van der Waals surface area contributed by atoms with E-state index in [1.165, 1.54) is 37.5 Å². The molecule has 2 nitrogen and oxygen atoms in total. The number of rotatable bonds is 3. The molecule has 0 fully saturated rings.